The Hall–Kier alpha value is -3.62. The van der Waals surface area contributed by atoms with Crippen LogP contribution in [0.3, 0.4) is 0 Å². The third-order valence-corrected chi connectivity index (χ3v) is 6.80. The van der Waals surface area contributed by atoms with Crippen LogP contribution in [0, 0.1) is 5.92 Å². The highest BCUT2D eigenvalue weighted by atomic mass is 16.5. The van der Waals surface area contributed by atoms with Crippen molar-refractivity contribution in [2.24, 2.45) is 5.92 Å². The number of fused-ring (bicyclic) bond motifs is 1. The molecular formula is C27H36N2O7. The first-order valence-corrected chi connectivity index (χ1v) is 11.9. The SMILES string of the molecule is CC[C@@H](C)[C@H](NC(=O)N1CCc2cc(OC)c(OC)cc2[C@@H]1c1ccc(OC)c(OC)c1)C(=O)OC. The van der Waals surface area contributed by atoms with Crippen molar-refractivity contribution in [1.29, 1.82) is 0 Å². The number of amides is 2. The molecule has 2 amide bonds. The van der Waals surface area contributed by atoms with Crippen molar-refractivity contribution >= 4 is 12.0 Å². The van der Waals surface area contributed by atoms with Crippen molar-refractivity contribution in [1.82, 2.24) is 10.2 Å². The Labute approximate surface area is 212 Å². The number of methoxy groups -OCH3 is 5. The zero-order valence-corrected chi connectivity index (χ0v) is 22.0. The van der Waals surface area contributed by atoms with Crippen LogP contribution in [0.4, 0.5) is 4.79 Å². The number of urea groups is 1. The highest BCUT2D eigenvalue weighted by Crippen LogP contribution is 2.42. The molecule has 9 heteroatoms. The topological polar surface area (TPSA) is 95.6 Å². The van der Waals surface area contributed by atoms with E-state index in [-0.39, 0.29) is 11.9 Å². The van der Waals surface area contributed by atoms with Crippen molar-refractivity contribution in [2.75, 3.05) is 42.1 Å². The Kier molecular flexibility index (Phi) is 8.90. The molecule has 0 saturated heterocycles. The van der Waals surface area contributed by atoms with Gasteiger partial charge in [0.15, 0.2) is 23.0 Å². The zero-order chi connectivity index (χ0) is 26.4. The number of esters is 1. The molecule has 3 atom stereocenters. The summed E-state index contributed by atoms with van der Waals surface area (Å²) < 4.78 is 27.0. The van der Waals surface area contributed by atoms with E-state index in [0.29, 0.717) is 42.4 Å². The minimum atomic E-state index is -0.759. The summed E-state index contributed by atoms with van der Waals surface area (Å²) in [4.78, 5) is 27.9. The highest BCUT2D eigenvalue weighted by Gasteiger charge is 2.36. The van der Waals surface area contributed by atoms with Crippen molar-refractivity contribution in [2.45, 2.75) is 38.8 Å². The predicted octanol–water partition coefficient (Wildman–Crippen LogP) is 3.97. The van der Waals surface area contributed by atoms with Crippen molar-refractivity contribution < 1.29 is 33.3 Å². The Morgan fingerprint density at radius 2 is 1.56 bits per heavy atom. The molecule has 0 unspecified atom stereocenters. The lowest BCUT2D eigenvalue weighted by Crippen LogP contribution is -2.53. The molecule has 9 nitrogen and oxygen atoms in total. The summed E-state index contributed by atoms with van der Waals surface area (Å²) in [6, 6.07) is 7.86. The molecule has 1 aliphatic heterocycles. The first kappa shape index (κ1) is 27.0. The van der Waals surface area contributed by atoms with Crippen LogP contribution < -0.4 is 24.3 Å². The van der Waals surface area contributed by atoms with Gasteiger partial charge in [0.25, 0.3) is 0 Å². The molecule has 0 saturated carbocycles. The largest absolute Gasteiger partial charge is 0.493 e. The number of rotatable bonds is 9. The Bertz CT molecular complexity index is 1090. The molecular weight excluding hydrogens is 464 g/mol. The average Bonchev–Trinajstić information content (AvgIpc) is 2.92. The fourth-order valence-corrected chi connectivity index (χ4v) is 4.56. The van der Waals surface area contributed by atoms with Gasteiger partial charge < -0.3 is 33.9 Å². The molecule has 1 heterocycles. The first-order chi connectivity index (χ1) is 17.3. The maximum Gasteiger partial charge on any atom is 0.328 e. The second-order valence-corrected chi connectivity index (χ2v) is 8.70. The van der Waals surface area contributed by atoms with E-state index in [9.17, 15) is 9.59 Å². The molecule has 1 aliphatic rings. The number of carbonyl (C=O) groups is 2. The maximum absolute atomic E-state index is 13.7. The summed E-state index contributed by atoms with van der Waals surface area (Å²) in [5.41, 5.74) is 2.77. The maximum atomic E-state index is 13.7. The molecule has 0 spiro atoms. The average molecular weight is 501 g/mol. The van der Waals surface area contributed by atoms with Gasteiger partial charge in [-0.3, -0.25) is 0 Å². The first-order valence-electron chi connectivity index (χ1n) is 11.9. The zero-order valence-electron chi connectivity index (χ0n) is 22.0. The summed E-state index contributed by atoms with van der Waals surface area (Å²) >= 11 is 0. The molecule has 2 aromatic rings. The lowest BCUT2D eigenvalue weighted by molar-refractivity contribution is -0.144. The van der Waals surface area contributed by atoms with Crippen LogP contribution in [0.15, 0.2) is 30.3 Å². The molecule has 0 fully saturated rings. The van der Waals surface area contributed by atoms with Crippen LogP contribution in [0.1, 0.15) is 43.0 Å². The highest BCUT2D eigenvalue weighted by molar-refractivity contribution is 5.84. The normalized spacial score (nSPS) is 16.3. The second kappa shape index (κ2) is 11.9. The van der Waals surface area contributed by atoms with Crippen LogP contribution in [0.25, 0.3) is 0 Å². The van der Waals surface area contributed by atoms with Crippen LogP contribution in [-0.2, 0) is 16.0 Å². The number of carbonyl (C=O) groups excluding carboxylic acids is 2. The van der Waals surface area contributed by atoms with Gasteiger partial charge in [-0.15, -0.1) is 0 Å². The lowest BCUT2D eigenvalue weighted by Gasteiger charge is -2.39. The summed E-state index contributed by atoms with van der Waals surface area (Å²) in [6.45, 7) is 4.31. The van der Waals surface area contributed by atoms with Gasteiger partial charge >= 0.3 is 12.0 Å². The van der Waals surface area contributed by atoms with E-state index in [1.807, 2.05) is 44.2 Å². The van der Waals surface area contributed by atoms with Crippen molar-refractivity contribution in [3.63, 3.8) is 0 Å². The van der Waals surface area contributed by atoms with E-state index in [2.05, 4.69) is 5.32 Å². The molecule has 196 valence electrons. The fourth-order valence-electron chi connectivity index (χ4n) is 4.56. The van der Waals surface area contributed by atoms with E-state index in [1.165, 1.54) is 7.11 Å². The van der Waals surface area contributed by atoms with Gasteiger partial charge in [-0.2, -0.15) is 0 Å². The number of nitrogens with one attached hydrogen (secondary N) is 1. The van der Waals surface area contributed by atoms with Gasteiger partial charge in [-0.25, -0.2) is 9.59 Å². The molecule has 3 rings (SSSR count). The number of nitrogens with zero attached hydrogens (tertiary/aromatic N) is 1. The third kappa shape index (κ3) is 5.29. The van der Waals surface area contributed by atoms with Gasteiger partial charge in [-0.05, 0) is 53.3 Å². The van der Waals surface area contributed by atoms with Gasteiger partial charge in [0.2, 0.25) is 0 Å². The number of hydrogen-bond acceptors (Lipinski definition) is 7. The fraction of sp³-hybridized carbons (Fsp3) is 0.481. The Morgan fingerprint density at radius 1 is 0.944 bits per heavy atom. The molecule has 0 radical (unpaired) electrons. The summed E-state index contributed by atoms with van der Waals surface area (Å²) in [5, 5.41) is 2.92. The second-order valence-electron chi connectivity index (χ2n) is 8.70. The quantitative estimate of drug-likeness (QED) is 0.521. The Balaban J connectivity index is 2.11. The summed E-state index contributed by atoms with van der Waals surface area (Å²) in [6.07, 6.45) is 1.32. The smallest absolute Gasteiger partial charge is 0.328 e. The van der Waals surface area contributed by atoms with E-state index in [1.54, 1.807) is 33.3 Å². The summed E-state index contributed by atoms with van der Waals surface area (Å²) in [5.74, 6) is 1.77. The molecule has 2 aromatic carbocycles. The van der Waals surface area contributed by atoms with Gasteiger partial charge in [-0.1, -0.05) is 26.3 Å². The monoisotopic (exact) mass is 500 g/mol. The van der Waals surface area contributed by atoms with Crippen LogP contribution >= 0.6 is 0 Å². The number of hydrogen-bond donors (Lipinski definition) is 1. The minimum Gasteiger partial charge on any atom is -0.493 e. The van der Waals surface area contributed by atoms with Gasteiger partial charge in [0, 0.05) is 6.54 Å². The van der Waals surface area contributed by atoms with Crippen LogP contribution in [-0.4, -0.2) is 65.0 Å². The standard InChI is InChI=1S/C27H36N2O7/c1-8-16(2)24(26(30)36-7)28-27(31)29-12-11-17-13-22(34-5)23(35-6)15-19(17)25(29)18-9-10-20(32-3)21(14-18)33-4/h9-10,13-16,24-25H,8,11-12H2,1-7H3,(H,28,31)/t16-,24+,25+/m1/s1. The number of benzene rings is 2. The van der Waals surface area contributed by atoms with E-state index < -0.39 is 18.1 Å². The van der Waals surface area contributed by atoms with Crippen LogP contribution in [0.5, 0.6) is 23.0 Å². The molecule has 0 aliphatic carbocycles. The Morgan fingerprint density at radius 3 is 2.14 bits per heavy atom. The van der Waals surface area contributed by atoms with Gasteiger partial charge in [0.05, 0.1) is 41.6 Å². The van der Waals surface area contributed by atoms with Crippen molar-refractivity contribution in [3.8, 4) is 23.0 Å². The lowest BCUT2D eigenvalue weighted by atomic mass is 9.87. The number of ether oxygens (including phenoxy) is 5. The van der Waals surface area contributed by atoms with E-state index in [0.717, 1.165) is 16.7 Å². The molecule has 1 N–H and O–H groups in total. The van der Waals surface area contributed by atoms with E-state index in [4.69, 9.17) is 23.7 Å². The molecule has 0 bridgehead atoms. The van der Waals surface area contributed by atoms with Crippen LogP contribution in [0.2, 0.25) is 0 Å². The minimum absolute atomic E-state index is 0.0950. The molecule has 0 aromatic heterocycles. The van der Waals surface area contributed by atoms with Gasteiger partial charge in [0.1, 0.15) is 6.04 Å². The summed E-state index contributed by atoms with van der Waals surface area (Å²) in [7, 11) is 7.65. The van der Waals surface area contributed by atoms with E-state index >= 15 is 0 Å². The van der Waals surface area contributed by atoms with Crippen molar-refractivity contribution in [3.05, 3.63) is 47.0 Å². The molecule has 36 heavy (non-hydrogen) atoms. The predicted molar refractivity (Wildman–Crippen MR) is 135 cm³/mol. The third-order valence-electron chi connectivity index (χ3n) is 6.80.